The first-order chi connectivity index (χ1) is 11.6. The molecular weight excluding hydrogens is 298 g/mol. The number of hydrogen-bond donors (Lipinski definition) is 1. The fraction of sp³-hybridized carbons (Fsp3) is 0.300. The molecule has 0 spiro atoms. The van der Waals surface area contributed by atoms with Gasteiger partial charge in [-0.3, -0.25) is 9.78 Å². The van der Waals surface area contributed by atoms with Gasteiger partial charge in [-0.1, -0.05) is 31.2 Å². The maximum Gasteiger partial charge on any atom is 0.255 e. The minimum absolute atomic E-state index is 0.0464. The van der Waals surface area contributed by atoms with Crippen LogP contribution >= 0.6 is 0 Å². The molecule has 124 valence electrons. The predicted molar refractivity (Wildman–Crippen MR) is 98.1 cm³/mol. The van der Waals surface area contributed by atoms with Gasteiger partial charge in [0.2, 0.25) is 0 Å². The van der Waals surface area contributed by atoms with Crippen molar-refractivity contribution in [3.05, 3.63) is 75.8 Å². The normalized spacial score (nSPS) is 12.5. The van der Waals surface area contributed by atoms with Crippen molar-refractivity contribution < 1.29 is 0 Å². The quantitative estimate of drug-likeness (QED) is 0.784. The molecule has 0 fully saturated rings. The smallest absolute Gasteiger partial charge is 0.255 e. The van der Waals surface area contributed by atoms with E-state index < -0.39 is 0 Å². The molecule has 3 aromatic rings. The molecule has 1 unspecified atom stereocenters. The van der Waals surface area contributed by atoms with Crippen molar-refractivity contribution in [2.24, 2.45) is 7.05 Å². The molecule has 0 aliphatic heterocycles. The van der Waals surface area contributed by atoms with Gasteiger partial charge >= 0.3 is 0 Å². The Bertz CT molecular complexity index is 914. The van der Waals surface area contributed by atoms with E-state index in [4.69, 9.17) is 0 Å². The number of benzene rings is 1. The summed E-state index contributed by atoms with van der Waals surface area (Å²) in [4.78, 5) is 17.1. The van der Waals surface area contributed by atoms with Crippen molar-refractivity contribution in [1.82, 2.24) is 14.9 Å². The van der Waals surface area contributed by atoms with E-state index in [1.165, 1.54) is 5.56 Å². The van der Waals surface area contributed by atoms with Gasteiger partial charge in [0.15, 0.2) is 0 Å². The van der Waals surface area contributed by atoms with Crippen LogP contribution < -0.4 is 10.9 Å². The van der Waals surface area contributed by atoms with Crippen molar-refractivity contribution in [2.45, 2.75) is 32.9 Å². The van der Waals surface area contributed by atoms with Crippen LogP contribution in [0.25, 0.3) is 10.9 Å². The highest BCUT2D eigenvalue weighted by Gasteiger charge is 2.12. The lowest BCUT2D eigenvalue weighted by atomic mass is 10.1. The average molecular weight is 321 g/mol. The summed E-state index contributed by atoms with van der Waals surface area (Å²) in [6.07, 6.45) is 2.77. The second-order valence-corrected chi connectivity index (χ2v) is 6.10. The lowest BCUT2D eigenvalue weighted by Gasteiger charge is -2.17. The molecule has 24 heavy (non-hydrogen) atoms. The highest BCUT2D eigenvalue weighted by atomic mass is 16.1. The van der Waals surface area contributed by atoms with Crippen molar-refractivity contribution in [2.75, 3.05) is 0 Å². The second-order valence-electron chi connectivity index (χ2n) is 6.10. The Balaban J connectivity index is 1.85. The van der Waals surface area contributed by atoms with Gasteiger partial charge in [0.25, 0.3) is 5.56 Å². The Morgan fingerprint density at radius 1 is 1.17 bits per heavy atom. The molecule has 4 nitrogen and oxygen atoms in total. The topological polar surface area (TPSA) is 46.9 Å². The van der Waals surface area contributed by atoms with Crippen molar-refractivity contribution in [1.29, 1.82) is 0 Å². The molecule has 1 aromatic carbocycles. The summed E-state index contributed by atoms with van der Waals surface area (Å²) in [7, 11) is 1.82. The van der Waals surface area contributed by atoms with Crippen molar-refractivity contribution >= 4 is 10.9 Å². The number of aromatic nitrogens is 2. The number of para-hydroxylation sites is 1. The number of nitrogens with zero attached hydrogens (tertiary/aromatic N) is 2. The number of fused-ring (bicyclic) bond motifs is 1. The number of rotatable bonds is 5. The third kappa shape index (κ3) is 3.10. The molecule has 0 bridgehead atoms. The average Bonchev–Trinajstić information content (AvgIpc) is 2.63. The van der Waals surface area contributed by atoms with E-state index in [0.29, 0.717) is 6.54 Å². The maximum absolute atomic E-state index is 12.6. The van der Waals surface area contributed by atoms with Crippen LogP contribution in [0.3, 0.4) is 0 Å². The first kappa shape index (κ1) is 16.4. The van der Waals surface area contributed by atoms with Gasteiger partial charge in [-0.05, 0) is 42.5 Å². The first-order valence-corrected chi connectivity index (χ1v) is 8.36. The van der Waals surface area contributed by atoms with Crippen LogP contribution in [-0.2, 0) is 20.0 Å². The lowest BCUT2D eigenvalue weighted by Crippen LogP contribution is -2.27. The summed E-state index contributed by atoms with van der Waals surface area (Å²) < 4.78 is 1.72. The third-order valence-corrected chi connectivity index (χ3v) is 4.52. The highest BCUT2D eigenvalue weighted by molar-refractivity contribution is 5.79. The molecule has 3 rings (SSSR count). The number of nitrogens with one attached hydrogen (secondary N) is 1. The second kappa shape index (κ2) is 6.97. The lowest BCUT2D eigenvalue weighted by molar-refractivity contribution is 0.553. The number of aryl methyl sites for hydroxylation is 2. The van der Waals surface area contributed by atoms with Crippen molar-refractivity contribution in [3.8, 4) is 0 Å². The SMILES string of the molecule is CCc1cccnc1C(C)NCc1cc2ccccc2n(C)c1=O. The molecule has 4 heteroatoms. The fourth-order valence-electron chi connectivity index (χ4n) is 3.12. The third-order valence-electron chi connectivity index (χ3n) is 4.52. The largest absolute Gasteiger partial charge is 0.311 e. The Morgan fingerprint density at radius 3 is 2.75 bits per heavy atom. The molecule has 2 aromatic heterocycles. The van der Waals surface area contributed by atoms with Crippen LogP contribution in [0.1, 0.15) is 36.7 Å². The molecule has 0 saturated heterocycles. The van der Waals surface area contributed by atoms with Gasteiger partial charge in [-0.2, -0.15) is 0 Å². The summed E-state index contributed by atoms with van der Waals surface area (Å²) in [6.45, 7) is 4.75. The van der Waals surface area contributed by atoms with E-state index in [1.807, 2.05) is 49.6 Å². The zero-order valence-corrected chi connectivity index (χ0v) is 14.4. The van der Waals surface area contributed by atoms with Crippen molar-refractivity contribution in [3.63, 3.8) is 0 Å². The molecule has 1 atom stereocenters. The van der Waals surface area contributed by atoms with E-state index in [0.717, 1.165) is 28.6 Å². The van der Waals surface area contributed by atoms with E-state index in [9.17, 15) is 4.79 Å². The maximum atomic E-state index is 12.6. The zero-order valence-electron chi connectivity index (χ0n) is 14.4. The minimum atomic E-state index is 0.0464. The molecule has 1 N–H and O–H groups in total. The highest BCUT2D eigenvalue weighted by Crippen LogP contribution is 2.17. The Morgan fingerprint density at radius 2 is 1.96 bits per heavy atom. The molecule has 0 aliphatic carbocycles. The van der Waals surface area contributed by atoms with E-state index in [-0.39, 0.29) is 11.6 Å². The standard InChI is InChI=1S/C20H23N3O/c1-4-15-9-7-11-21-19(15)14(2)22-13-17-12-16-8-5-6-10-18(16)23(3)20(17)24/h5-12,14,22H,4,13H2,1-3H3. The van der Waals surface area contributed by atoms with Gasteiger partial charge < -0.3 is 9.88 Å². The molecule has 0 radical (unpaired) electrons. The zero-order chi connectivity index (χ0) is 17.1. The predicted octanol–water partition coefficient (Wildman–Crippen LogP) is 3.35. The van der Waals surface area contributed by atoms with Crippen LogP contribution in [0.15, 0.2) is 53.5 Å². The van der Waals surface area contributed by atoms with Crippen LogP contribution in [0.5, 0.6) is 0 Å². The Hall–Kier alpha value is -2.46. The summed E-state index contributed by atoms with van der Waals surface area (Å²) >= 11 is 0. The first-order valence-electron chi connectivity index (χ1n) is 8.36. The van der Waals surface area contributed by atoms with Gasteiger partial charge in [0.1, 0.15) is 0 Å². The number of pyridine rings is 2. The summed E-state index contributed by atoms with van der Waals surface area (Å²) in [5.74, 6) is 0. The van der Waals surface area contributed by atoms with E-state index in [2.05, 4.69) is 30.2 Å². The molecule has 0 amide bonds. The summed E-state index contributed by atoms with van der Waals surface area (Å²) in [6, 6.07) is 14.1. The van der Waals surface area contributed by atoms with Crippen LogP contribution in [-0.4, -0.2) is 9.55 Å². The van der Waals surface area contributed by atoms with Crippen LogP contribution in [0.4, 0.5) is 0 Å². The molecule has 2 heterocycles. The minimum Gasteiger partial charge on any atom is -0.311 e. The van der Waals surface area contributed by atoms with E-state index >= 15 is 0 Å². The summed E-state index contributed by atoms with van der Waals surface area (Å²) in [5.41, 5.74) is 4.07. The molecular formula is C20H23N3O. The fourth-order valence-corrected chi connectivity index (χ4v) is 3.12. The summed E-state index contributed by atoms with van der Waals surface area (Å²) in [5, 5.41) is 4.53. The number of hydrogen-bond acceptors (Lipinski definition) is 3. The van der Waals surface area contributed by atoms with Gasteiger partial charge in [0.05, 0.1) is 11.2 Å². The monoisotopic (exact) mass is 321 g/mol. The van der Waals surface area contributed by atoms with Crippen LogP contribution in [0.2, 0.25) is 0 Å². The molecule has 0 saturated carbocycles. The van der Waals surface area contributed by atoms with Gasteiger partial charge in [-0.15, -0.1) is 0 Å². The van der Waals surface area contributed by atoms with E-state index in [1.54, 1.807) is 4.57 Å². The van der Waals surface area contributed by atoms with Gasteiger partial charge in [0, 0.05) is 31.4 Å². The van der Waals surface area contributed by atoms with Crippen LogP contribution in [0, 0.1) is 0 Å². The Labute approximate surface area is 142 Å². The Kier molecular flexibility index (Phi) is 4.76. The molecule has 0 aliphatic rings. The van der Waals surface area contributed by atoms with Gasteiger partial charge in [-0.25, -0.2) is 0 Å².